The SMILES string of the molecule is CCOC(=O)[C@H]1[C@H]2C(=O)N(CCCO)C(C(=O)Nc3ccc4ccccc4c3)C23CC[C@]1(C)S3. The maximum atomic E-state index is 13.8. The number of esters is 1. The molecule has 2 N–H and O–H groups in total. The van der Waals surface area contributed by atoms with Gasteiger partial charge in [0.2, 0.25) is 11.8 Å². The average Bonchev–Trinajstić information content (AvgIpc) is 3.38. The second kappa shape index (κ2) is 8.57. The van der Waals surface area contributed by atoms with Crippen molar-refractivity contribution >= 4 is 46.0 Å². The van der Waals surface area contributed by atoms with Crippen LogP contribution in [0.3, 0.4) is 0 Å². The molecule has 0 aliphatic carbocycles. The zero-order chi connectivity index (χ0) is 24.1. The van der Waals surface area contributed by atoms with Crippen molar-refractivity contribution in [3.63, 3.8) is 0 Å². The number of carbonyl (C=O) groups excluding carboxylic acids is 3. The molecule has 3 aliphatic rings. The first-order valence-electron chi connectivity index (χ1n) is 11.9. The highest BCUT2D eigenvalue weighted by molar-refractivity contribution is 8.02. The highest BCUT2D eigenvalue weighted by Crippen LogP contribution is 2.71. The van der Waals surface area contributed by atoms with E-state index in [9.17, 15) is 19.5 Å². The van der Waals surface area contributed by atoms with Gasteiger partial charge in [-0.2, -0.15) is 0 Å². The van der Waals surface area contributed by atoms with Crippen LogP contribution in [0.5, 0.6) is 0 Å². The fourth-order valence-corrected chi connectivity index (χ4v) is 8.62. The van der Waals surface area contributed by atoms with E-state index in [2.05, 4.69) is 5.32 Å². The highest BCUT2D eigenvalue weighted by atomic mass is 32.2. The number of anilines is 1. The number of benzene rings is 2. The van der Waals surface area contributed by atoms with Crippen LogP contribution in [0.25, 0.3) is 10.8 Å². The summed E-state index contributed by atoms with van der Waals surface area (Å²) in [6.07, 6.45) is 1.81. The van der Waals surface area contributed by atoms with Gasteiger partial charge in [0, 0.05) is 23.6 Å². The third-order valence-electron chi connectivity index (χ3n) is 7.64. The summed E-state index contributed by atoms with van der Waals surface area (Å²) in [5, 5.41) is 14.6. The second-order valence-electron chi connectivity index (χ2n) is 9.64. The minimum absolute atomic E-state index is 0.0768. The van der Waals surface area contributed by atoms with E-state index in [4.69, 9.17) is 4.74 Å². The molecule has 8 heteroatoms. The first-order chi connectivity index (χ1) is 16.3. The Morgan fingerprint density at radius 1 is 1.21 bits per heavy atom. The average molecular weight is 483 g/mol. The smallest absolute Gasteiger partial charge is 0.311 e. The molecule has 2 bridgehead atoms. The molecular weight excluding hydrogens is 452 g/mol. The van der Waals surface area contributed by atoms with Gasteiger partial charge < -0.3 is 20.1 Å². The van der Waals surface area contributed by atoms with Gasteiger partial charge in [0.25, 0.3) is 0 Å². The summed E-state index contributed by atoms with van der Waals surface area (Å²) < 4.78 is 4.27. The van der Waals surface area contributed by atoms with Gasteiger partial charge in [0.15, 0.2) is 0 Å². The predicted octanol–water partition coefficient (Wildman–Crippen LogP) is 3.21. The molecular formula is C26H30N2O5S. The molecule has 5 atom stereocenters. The maximum absolute atomic E-state index is 13.8. The van der Waals surface area contributed by atoms with Crippen LogP contribution in [0.4, 0.5) is 5.69 Å². The molecule has 3 fully saturated rings. The molecule has 3 saturated heterocycles. The van der Waals surface area contributed by atoms with Crippen LogP contribution >= 0.6 is 11.8 Å². The Balaban J connectivity index is 1.50. The van der Waals surface area contributed by atoms with Gasteiger partial charge in [0.1, 0.15) is 6.04 Å². The highest BCUT2D eigenvalue weighted by Gasteiger charge is 2.77. The van der Waals surface area contributed by atoms with E-state index >= 15 is 0 Å². The molecule has 3 aliphatic heterocycles. The minimum Gasteiger partial charge on any atom is -0.466 e. The molecule has 1 spiro atoms. The normalized spacial score (nSPS) is 31.7. The molecule has 0 radical (unpaired) electrons. The number of amides is 2. The summed E-state index contributed by atoms with van der Waals surface area (Å²) in [6.45, 7) is 4.24. The quantitative estimate of drug-likeness (QED) is 0.589. The Kier molecular flexibility index (Phi) is 5.84. The molecule has 0 saturated carbocycles. The molecule has 5 rings (SSSR count). The van der Waals surface area contributed by atoms with Crippen molar-refractivity contribution in [3.05, 3.63) is 42.5 Å². The Labute approximate surface area is 203 Å². The number of likely N-dealkylation sites (tertiary alicyclic amines) is 1. The van der Waals surface area contributed by atoms with Gasteiger partial charge >= 0.3 is 5.97 Å². The number of nitrogens with one attached hydrogen (secondary N) is 1. The van der Waals surface area contributed by atoms with E-state index in [0.717, 1.165) is 17.2 Å². The lowest BCUT2D eigenvalue weighted by Gasteiger charge is -2.34. The van der Waals surface area contributed by atoms with Gasteiger partial charge in [-0.25, -0.2) is 0 Å². The number of carbonyl (C=O) groups is 3. The van der Waals surface area contributed by atoms with Crippen molar-refractivity contribution in [3.8, 4) is 0 Å². The van der Waals surface area contributed by atoms with Crippen LogP contribution in [0.1, 0.15) is 33.1 Å². The number of fused-ring (bicyclic) bond motifs is 2. The number of thioether (sulfide) groups is 1. The third kappa shape index (κ3) is 3.41. The van der Waals surface area contributed by atoms with E-state index in [0.29, 0.717) is 18.5 Å². The van der Waals surface area contributed by atoms with Gasteiger partial charge in [-0.05, 0) is 56.0 Å². The topological polar surface area (TPSA) is 95.9 Å². The molecule has 7 nitrogen and oxygen atoms in total. The number of aliphatic hydroxyl groups is 1. The molecule has 2 unspecified atom stereocenters. The standard InChI is InChI=1S/C26H30N2O5S/c1-3-33-24(32)20-19-23(31)28(13-6-14-29)21(26(19)12-11-25(20,2)34-26)22(30)27-18-10-9-16-7-4-5-8-17(16)15-18/h4-5,7-10,15,19-21,29H,3,6,11-14H2,1-2H3,(H,27,30)/t19-,20+,21?,25-,26?/m0/s1. The van der Waals surface area contributed by atoms with Crippen LogP contribution in [-0.4, -0.2) is 63.1 Å². The minimum atomic E-state index is -0.714. The largest absolute Gasteiger partial charge is 0.466 e. The van der Waals surface area contributed by atoms with Crippen LogP contribution < -0.4 is 5.32 Å². The van der Waals surface area contributed by atoms with Crippen molar-refractivity contribution in [2.75, 3.05) is 25.1 Å². The van der Waals surface area contributed by atoms with Crippen molar-refractivity contribution in [2.24, 2.45) is 11.8 Å². The fraction of sp³-hybridized carbons (Fsp3) is 0.500. The van der Waals surface area contributed by atoms with Crippen molar-refractivity contribution in [1.29, 1.82) is 0 Å². The van der Waals surface area contributed by atoms with Crippen LogP contribution in [0, 0.1) is 11.8 Å². The summed E-state index contributed by atoms with van der Waals surface area (Å²) >= 11 is 1.62. The molecule has 3 heterocycles. The second-order valence-corrected chi connectivity index (χ2v) is 11.5. The number of hydrogen-bond acceptors (Lipinski definition) is 6. The van der Waals surface area contributed by atoms with E-state index in [1.165, 1.54) is 0 Å². The number of nitrogens with zero attached hydrogens (tertiary/aromatic N) is 1. The van der Waals surface area contributed by atoms with E-state index in [-0.39, 0.29) is 37.5 Å². The Hall–Kier alpha value is -2.58. The zero-order valence-corrected chi connectivity index (χ0v) is 20.3. The van der Waals surface area contributed by atoms with Crippen LogP contribution in [0.2, 0.25) is 0 Å². The van der Waals surface area contributed by atoms with Gasteiger partial charge in [-0.1, -0.05) is 30.3 Å². The number of hydrogen-bond donors (Lipinski definition) is 2. The number of ether oxygens (including phenoxy) is 1. The fourth-order valence-electron chi connectivity index (χ4n) is 6.28. The van der Waals surface area contributed by atoms with Crippen LogP contribution in [0.15, 0.2) is 42.5 Å². The van der Waals surface area contributed by atoms with Crippen molar-refractivity contribution in [1.82, 2.24) is 4.90 Å². The van der Waals surface area contributed by atoms with E-state index < -0.39 is 27.4 Å². The molecule has 180 valence electrons. The van der Waals surface area contributed by atoms with Crippen molar-refractivity contribution in [2.45, 2.75) is 48.6 Å². The van der Waals surface area contributed by atoms with Gasteiger partial charge in [-0.3, -0.25) is 14.4 Å². The molecule has 2 aromatic carbocycles. The van der Waals surface area contributed by atoms with Crippen molar-refractivity contribution < 1.29 is 24.2 Å². The van der Waals surface area contributed by atoms with Crippen LogP contribution in [-0.2, 0) is 19.1 Å². The molecule has 34 heavy (non-hydrogen) atoms. The molecule has 2 aromatic rings. The van der Waals surface area contributed by atoms with Gasteiger partial charge in [-0.15, -0.1) is 11.8 Å². The maximum Gasteiger partial charge on any atom is 0.311 e. The number of aliphatic hydroxyl groups excluding tert-OH is 1. The lowest BCUT2D eigenvalue weighted by Crippen LogP contribution is -2.51. The van der Waals surface area contributed by atoms with E-state index in [1.807, 2.05) is 49.4 Å². The zero-order valence-electron chi connectivity index (χ0n) is 19.5. The Bertz CT molecular complexity index is 1150. The Morgan fingerprint density at radius 2 is 1.97 bits per heavy atom. The lowest BCUT2D eigenvalue weighted by atomic mass is 9.66. The molecule has 2 amide bonds. The van der Waals surface area contributed by atoms with Gasteiger partial charge in [0.05, 0.1) is 23.2 Å². The van der Waals surface area contributed by atoms with E-state index in [1.54, 1.807) is 23.6 Å². The first-order valence-corrected chi connectivity index (χ1v) is 12.7. The Morgan fingerprint density at radius 3 is 2.71 bits per heavy atom. The monoisotopic (exact) mass is 482 g/mol. The lowest BCUT2D eigenvalue weighted by molar-refractivity contribution is -0.155. The summed E-state index contributed by atoms with van der Waals surface area (Å²) in [4.78, 5) is 42.1. The number of rotatable bonds is 7. The summed E-state index contributed by atoms with van der Waals surface area (Å²) in [5.74, 6) is -1.95. The summed E-state index contributed by atoms with van der Waals surface area (Å²) in [7, 11) is 0. The molecule has 0 aromatic heterocycles. The predicted molar refractivity (Wildman–Crippen MR) is 131 cm³/mol. The summed E-state index contributed by atoms with van der Waals surface area (Å²) in [5.41, 5.74) is 0.670. The first kappa shape index (κ1) is 23.2. The summed E-state index contributed by atoms with van der Waals surface area (Å²) in [6, 6.07) is 13.0. The third-order valence-corrected chi connectivity index (χ3v) is 9.63.